The Morgan fingerprint density at radius 1 is 1.00 bits per heavy atom. The lowest BCUT2D eigenvalue weighted by molar-refractivity contribution is 0.483. The molecular weight excluding hydrogens is 320 g/mol. The third kappa shape index (κ3) is 3.18. The molecule has 0 aliphatic rings. The van der Waals surface area contributed by atoms with Gasteiger partial charge >= 0.3 is 0 Å². The lowest BCUT2D eigenvalue weighted by Gasteiger charge is -2.08. The first-order valence-corrected chi connectivity index (χ1v) is 8.32. The number of aryl methyl sites for hydroxylation is 1. The number of nitrogens with one attached hydrogen (secondary N) is 1. The molecule has 3 heterocycles. The number of fused-ring (bicyclic) bond motifs is 1. The lowest BCUT2D eigenvalue weighted by Crippen LogP contribution is -1.94. The molecule has 0 atom stereocenters. The first kappa shape index (κ1) is 14.6. The van der Waals surface area contributed by atoms with Crippen molar-refractivity contribution in [2.24, 2.45) is 0 Å². The van der Waals surface area contributed by atoms with Crippen molar-refractivity contribution in [3.05, 3.63) is 65.9 Å². The van der Waals surface area contributed by atoms with Gasteiger partial charge in [-0.2, -0.15) is 0 Å². The van der Waals surface area contributed by atoms with E-state index >= 15 is 0 Å². The predicted octanol–water partition coefficient (Wildman–Crippen LogP) is 4.93. The second-order valence-electron chi connectivity index (χ2n) is 5.26. The molecule has 1 aromatic carbocycles. The summed E-state index contributed by atoms with van der Waals surface area (Å²) in [5, 5.41) is 7.03. The molecule has 6 heteroatoms. The molecule has 0 unspecified atom stereocenters. The number of benzene rings is 1. The fourth-order valence-corrected chi connectivity index (χ4v) is 3.01. The van der Waals surface area contributed by atoms with Crippen LogP contribution in [-0.2, 0) is 0 Å². The fourth-order valence-electron chi connectivity index (χ4n) is 2.32. The molecular formula is C18H14N4OS. The number of rotatable bonds is 4. The van der Waals surface area contributed by atoms with Gasteiger partial charge in [0.15, 0.2) is 5.13 Å². The largest absolute Gasteiger partial charge is 0.457 e. The minimum Gasteiger partial charge on any atom is -0.457 e. The van der Waals surface area contributed by atoms with Crippen molar-refractivity contribution in [2.75, 3.05) is 5.32 Å². The van der Waals surface area contributed by atoms with Crippen molar-refractivity contribution >= 4 is 33.2 Å². The summed E-state index contributed by atoms with van der Waals surface area (Å²) in [5.74, 6) is 2.17. The Labute approximate surface area is 143 Å². The monoisotopic (exact) mass is 334 g/mol. The van der Waals surface area contributed by atoms with Crippen LogP contribution in [0.25, 0.3) is 10.9 Å². The zero-order chi connectivity index (χ0) is 16.4. The van der Waals surface area contributed by atoms with E-state index in [-0.39, 0.29) is 0 Å². The number of nitrogens with zero attached hydrogens (tertiary/aromatic N) is 3. The Bertz CT molecular complexity index is 999. The summed E-state index contributed by atoms with van der Waals surface area (Å²) in [7, 11) is 0. The normalized spacial score (nSPS) is 10.7. The van der Waals surface area contributed by atoms with Crippen LogP contribution in [0.1, 0.15) is 5.69 Å². The van der Waals surface area contributed by atoms with Crippen LogP contribution in [0.3, 0.4) is 0 Å². The smallest absolute Gasteiger partial charge is 0.188 e. The van der Waals surface area contributed by atoms with Gasteiger partial charge in [-0.15, -0.1) is 11.3 Å². The minimum absolute atomic E-state index is 0.698. The summed E-state index contributed by atoms with van der Waals surface area (Å²) in [6, 6.07) is 13.4. The lowest BCUT2D eigenvalue weighted by atomic mass is 10.2. The van der Waals surface area contributed by atoms with E-state index in [9.17, 15) is 0 Å². The second-order valence-corrected chi connectivity index (χ2v) is 6.11. The highest BCUT2D eigenvalue weighted by Gasteiger charge is 2.04. The van der Waals surface area contributed by atoms with Crippen molar-refractivity contribution in [3.63, 3.8) is 0 Å². The zero-order valence-corrected chi connectivity index (χ0v) is 13.7. The van der Waals surface area contributed by atoms with Crippen molar-refractivity contribution in [1.82, 2.24) is 15.0 Å². The summed E-state index contributed by atoms with van der Waals surface area (Å²) in [6.45, 7) is 1.96. The third-order valence-electron chi connectivity index (χ3n) is 3.40. The van der Waals surface area contributed by atoms with Crippen LogP contribution in [0.5, 0.6) is 11.5 Å². The first-order valence-electron chi connectivity index (χ1n) is 7.44. The van der Waals surface area contributed by atoms with Crippen LogP contribution in [0.15, 0.2) is 60.2 Å². The Balaban J connectivity index is 1.56. The number of pyridine rings is 2. The number of aromatic nitrogens is 3. The molecule has 0 aliphatic heterocycles. The van der Waals surface area contributed by atoms with Gasteiger partial charge in [-0.05, 0) is 37.3 Å². The van der Waals surface area contributed by atoms with Crippen molar-refractivity contribution < 1.29 is 4.74 Å². The van der Waals surface area contributed by atoms with Gasteiger partial charge in [-0.25, -0.2) is 9.97 Å². The number of thiazole rings is 1. The van der Waals surface area contributed by atoms with Crippen LogP contribution >= 0.6 is 11.3 Å². The van der Waals surface area contributed by atoms with E-state index in [4.69, 9.17) is 4.74 Å². The molecule has 0 amide bonds. The molecule has 4 rings (SSSR count). The van der Waals surface area contributed by atoms with Crippen molar-refractivity contribution in [3.8, 4) is 11.5 Å². The van der Waals surface area contributed by atoms with Gasteiger partial charge in [-0.3, -0.25) is 4.98 Å². The molecule has 0 aliphatic carbocycles. The van der Waals surface area contributed by atoms with E-state index in [1.807, 2.05) is 54.8 Å². The molecule has 3 aromatic heterocycles. The van der Waals surface area contributed by atoms with Crippen LogP contribution in [0, 0.1) is 6.92 Å². The molecule has 5 nitrogen and oxygen atoms in total. The van der Waals surface area contributed by atoms with Crippen LogP contribution < -0.4 is 10.1 Å². The van der Waals surface area contributed by atoms with Gasteiger partial charge in [0.2, 0.25) is 0 Å². The maximum atomic E-state index is 5.95. The van der Waals surface area contributed by atoms with E-state index in [0.717, 1.165) is 27.5 Å². The fraction of sp³-hybridized carbons (Fsp3) is 0.0556. The molecule has 0 radical (unpaired) electrons. The van der Waals surface area contributed by atoms with Gasteiger partial charge in [-0.1, -0.05) is 6.07 Å². The Morgan fingerprint density at radius 2 is 1.92 bits per heavy atom. The summed E-state index contributed by atoms with van der Waals surface area (Å²) in [6.07, 6.45) is 3.49. The van der Waals surface area contributed by atoms with Crippen LogP contribution in [0.4, 0.5) is 10.9 Å². The first-order chi connectivity index (χ1) is 11.8. The van der Waals surface area contributed by atoms with Gasteiger partial charge in [0.1, 0.15) is 17.3 Å². The highest BCUT2D eigenvalue weighted by molar-refractivity contribution is 7.13. The second kappa shape index (κ2) is 6.25. The molecule has 0 fully saturated rings. The average Bonchev–Trinajstić information content (AvgIpc) is 3.00. The summed E-state index contributed by atoms with van der Waals surface area (Å²) in [5.41, 5.74) is 1.93. The molecule has 0 spiro atoms. The average molecular weight is 334 g/mol. The summed E-state index contributed by atoms with van der Waals surface area (Å²) >= 11 is 1.55. The number of ether oxygens (including phenoxy) is 1. The van der Waals surface area contributed by atoms with Gasteiger partial charge in [0, 0.05) is 29.2 Å². The van der Waals surface area contributed by atoms with Gasteiger partial charge in [0.05, 0.1) is 11.2 Å². The molecule has 118 valence electrons. The van der Waals surface area contributed by atoms with Crippen LogP contribution in [-0.4, -0.2) is 15.0 Å². The molecule has 0 saturated carbocycles. The molecule has 0 saturated heterocycles. The minimum atomic E-state index is 0.698. The van der Waals surface area contributed by atoms with Crippen LogP contribution in [0.2, 0.25) is 0 Å². The Kier molecular flexibility index (Phi) is 3.80. The molecule has 24 heavy (non-hydrogen) atoms. The number of anilines is 2. The number of hydrogen-bond donors (Lipinski definition) is 1. The van der Waals surface area contributed by atoms with E-state index in [1.54, 1.807) is 23.7 Å². The van der Waals surface area contributed by atoms with Gasteiger partial charge < -0.3 is 10.1 Å². The summed E-state index contributed by atoms with van der Waals surface area (Å²) in [4.78, 5) is 13.0. The standard InChI is InChI=1S/C18H14N4OS/c1-12-11-24-18(21-12)22-17-10-15(6-8-20-17)23-14-4-5-16-13(9-14)3-2-7-19-16/h2-11H,1H3,(H,20,21,22). The topological polar surface area (TPSA) is 59.9 Å². The molecule has 4 aromatic rings. The maximum Gasteiger partial charge on any atom is 0.188 e. The zero-order valence-electron chi connectivity index (χ0n) is 12.9. The highest BCUT2D eigenvalue weighted by Crippen LogP contribution is 2.27. The Morgan fingerprint density at radius 3 is 2.79 bits per heavy atom. The molecule has 0 bridgehead atoms. The van der Waals surface area contributed by atoms with E-state index in [2.05, 4.69) is 20.3 Å². The number of hydrogen-bond acceptors (Lipinski definition) is 6. The molecule has 1 N–H and O–H groups in total. The van der Waals surface area contributed by atoms with Crippen molar-refractivity contribution in [2.45, 2.75) is 6.92 Å². The third-order valence-corrected chi connectivity index (χ3v) is 4.27. The Hall–Kier alpha value is -2.99. The van der Waals surface area contributed by atoms with Gasteiger partial charge in [0.25, 0.3) is 0 Å². The maximum absolute atomic E-state index is 5.95. The highest BCUT2D eigenvalue weighted by atomic mass is 32.1. The van der Waals surface area contributed by atoms with E-state index in [0.29, 0.717) is 11.6 Å². The SMILES string of the molecule is Cc1csc(Nc2cc(Oc3ccc4ncccc4c3)ccn2)n1. The predicted molar refractivity (Wildman–Crippen MR) is 96.2 cm³/mol. The summed E-state index contributed by atoms with van der Waals surface area (Å²) < 4.78 is 5.95. The van der Waals surface area contributed by atoms with E-state index < -0.39 is 0 Å². The van der Waals surface area contributed by atoms with Crippen molar-refractivity contribution in [1.29, 1.82) is 0 Å². The van der Waals surface area contributed by atoms with E-state index in [1.165, 1.54) is 0 Å². The quantitative estimate of drug-likeness (QED) is 0.573.